The molecule has 2 rings (SSSR count). The molecule has 0 aliphatic carbocycles. The summed E-state index contributed by atoms with van der Waals surface area (Å²) in [6.07, 6.45) is 6.20. The largest absolute Gasteiger partial charge is 0.392 e. The van der Waals surface area contributed by atoms with Gasteiger partial charge in [-0.25, -0.2) is 9.97 Å². The highest BCUT2D eigenvalue weighted by Crippen LogP contribution is 2.10. The van der Waals surface area contributed by atoms with Gasteiger partial charge in [0.25, 0.3) is 0 Å². The molecule has 0 amide bonds. The molecule has 0 aliphatic heterocycles. The molecule has 1 N–H and O–H groups in total. The highest BCUT2D eigenvalue weighted by molar-refractivity contribution is 5.32. The van der Waals surface area contributed by atoms with Gasteiger partial charge in [-0.05, 0) is 31.0 Å². The third kappa shape index (κ3) is 3.48. The first-order chi connectivity index (χ1) is 9.20. The fraction of sp³-hybridized carbons (Fsp3) is 0.357. The molecule has 0 saturated carbocycles. The second kappa shape index (κ2) is 6.24. The van der Waals surface area contributed by atoms with E-state index in [-0.39, 0.29) is 6.61 Å². The Morgan fingerprint density at radius 2 is 2.00 bits per heavy atom. The number of aliphatic hydroxyl groups excluding tert-OH is 1. The van der Waals surface area contributed by atoms with Gasteiger partial charge in [-0.1, -0.05) is 0 Å². The summed E-state index contributed by atoms with van der Waals surface area (Å²) in [5, 5.41) is 9.10. The van der Waals surface area contributed by atoms with E-state index in [1.807, 2.05) is 31.0 Å². The van der Waals surface area contributed by atoms with Crippen molar-refractivity contribution < 1.29 is 5.11 Å². The lowest BCUT2D eigenvalue weighted by atomic mass is 10.2. The second-order valence-electron chi connectivity index (χ2n) is 4.47. The maximum Gasteiger partial charge on any atom is 0.225 e. The van der Waals surface area contributed by atoms with Crippen LogP contribution in [0.25, 0.3) is 0 Å². The molecule has 5 nitrogen and oxygen atoms in total. The zero-order valence-electron chi connectivity index (χ0n) is 11.2. The summed E-state index contributed by atoms with van der Waals surface area (Å²) in [4.78, 5) is 14.7. The molecule has 0 fully saturated rings. The van der Waals surface area contributed by atoms with Crippen LogP contribution in [0.5, 0.6) is 0 Å². The summed E-state index contributed by atoms with van der Waals surface area (Å²) in [6.45, 7) is 2.70. The quantitative estimate of drug-likeness (QED) is 0.877. The van der Waals surface area contributed by atoms with Crippen LogP contribution in [0.2, 0.25) is 0 Å². The number of anilines is 1. The van der Waals surface area contributed by atoms with Crippen molar-refractivity contribution in [2.75, 3.05) is 18.5 Å². The predicted molar refractivity (Wildman–Crippen MR) is 73.9 cm³/mol. The summed E-state index contributed by atoms with van der Waals surface area (Å²) < 4.78 is 0. The molecule has 100 valence electrons. The minimum atomic E-state index is -0.0210. The normalized spacial score (nSPS) is 10.5. The van der Waals surface area contributed by atoms with Gasteiger partial charge in [0.15, 0.2) is 0 Å². The van der Waals surface area contributed by atoms with Gasteiger partial charge in [0.1, 0.15) is 0 Å². The molecule has 0 aromatic carbocycles. The fourth-order valence-electron chi connectivity index (χ4n) is 1.77. The molecule has 2 aromatic rings. The third-order valence-electron chi connectivity index (χ3n) is 3.07. The number of hydrogen-bond donors (Lipinski definition) is 1. The third-order valence-corrected chi connectivity index (χ3v) is 3.07. The Hall–Kier alpha value is -2.01. The highest BCUT2D eigenvalue weighted by Gasteiger charge is 2.07. The Balaban J connectivity index is 2.00. The molecule has 5 heteroatoms. The van der Waals surface area contributed by atoms with E-state index in [1.54, 1.807) is 18.6 Å². The maximum absolute atomic E-state index is 9.10. The average molecular weight is 258 g/mol. The van der Waals surface area contributed by atoms with Crippen LogP contribution in [0, 0.1) is 6.92 Å². The van der Waals surface area contributed by atoms with E-state index in [4.69, 9.17) is 5.11 Å². The van der Waals surface area contributed by atoms with E-state index in [2.05, 4.69) is 15.0 Å². The van der Waals surface area contributed by atoms with Crippen molar-refractivity contribution in [3.05, 3.63) is 47.5 Å². The maximum atomic E-state index is 9.10. The van der Waals surface area contributed by atoms with Crippen LogP contribution >= 0.6 is 0 Å². The number of nitrogens with zero attached hydrogens (tertiary/aromatic N) is 4. The van der Waals surface area contributed by atoms with E-state index in [0.717, 1.165) is 24.2 Å². The molecular formula is C14H18N4O. The van der Waals surface area contributed by atoms with Crippen LogP contribution in [0.1, 0.15) is 16.8 Å². The Kier molecular flexibility index (Phi) is 4.41. The minimum Gasteiger partial charge on any atom is -0.392 e. The van der Waals surface area contributed by atoms with Crippen LogP contribution in [0.15, 0.2) is 30.7 Å². The number of aromatic nitrogens is 3. The molecule has 0 atom stereocenters. The molecule has 19 heavy (non-hydrogen) atoms. The van der Waals surface area contributed by atoms with E-state index in [0.29, 0.717) is 5.95 Å². The van der Waals surface area contributed by atoms with Crippen LogP contribution in [-0.4, -0.2) is 33.7 Å². The fourth-order valence-corrected chi connectivity index (χ4v) is 1.77. The van der Waals surface area contributed by atoms with Gasteiger partial charge in [-0.3, -0.25) is 4.98 Å². The van der Waals surface area contributed by atoms with Gasteiger partial charge in [-0.2, -0.15) is 0 Å². The lowest BCUT2D eigenvalue weighted by molar-refractivity contribution is 0.280. The number of likely N-dealkylation sites (N-methyl/N-ethyl adjacent to an activating group) is 1. The molecule has 0 radical (unpaired) electrons. The lowest BCUT2D eigenvalue weighted by Gasteiger charge is -2.17. The van der Waals surface area contributed by atoms with E-state index >= 15 is 0 Å². The Bertz CT molecular complexity index is 530. The van der Waals surface area contributed by atoms with Crippen molar-refractivity contribution in [3.8, 4) is 0 Å². The van der Waals surface area contributed by atoms with Crippen LogP contribution in [-0.2, 0) is 13.0 Å². The van der Waals surface area contributed by atoms with Crippen molar-refractivity contribution in [2.45, 2.75) is 20.0 Å². The van der Waals surface area contributed by atoms with Gasteiger partial charge >= 0.3 is 0 Å². The van der Waals surface area contributed by atoms with E-state index in [1.165, 1.54) is 5.56 Å². The number of pyridine rings is 1. The summed E-state index contributed by atoms with van der Waals surface area (Å²) in [5.41, 5.74) is 2.83. The first-order valence-corrected chi connectivity index (χ1v) is 6.24. The number of hydrogen-bond acceptors (Lipinski definition) is 5. The Morgan fingerprint density at radius 3 is 2.63 bits per heavy atom. The summed E-state index contributed by atoms with van der Waals surface area (Å²) in [6, 6.07) is 4.02. The summed E-state index contributed by atoms with van der Waals surface area (Å²) >= 11 is 0. The molecule has 0 aliphatic rings. The van der Waals surface area contributed by atoms with Crippen LogP contribution in [0.4, 0.5) is 5.95 Å². The molecule has 0 unspecified atom stereocenters. The van der Waals surface area contributed by atoms with Crippen molar-refractivity contribution in [2.24, 2.45) is 0 Å². The van der Waals surface area contributed by atoms with Crippen molar-refractivity contribution >= 4 is 5.95 Å². The van der Waals surface area contributed by atoms with E-state index in [9.17, 15) is 0 Å². The molecule has 0 saturated heterocycles. The highest BCUT2D eigenvalue weighted by atomic mass is 16.3. The number of rotatable bonds is 5. The van der Waals surface area contributed by atoms with Gasteiger partial charge in [0.05, 0.1) is 6.61 Å². The first kappa shape index (κ1) is 13.4. The molecule has 0 bridgehead atoms. The van der Waals surface area contributed by atoms with Crippen molar-refractivity contribution in [3.63, 3.8) is 0 Å². The summed E-state index contributed by atoms with van der Waals surface area (Å²) in [5.74, 6) is 0.684. The standard InChI is InChI=1S/C14H18N4O/c1-11-13(10-19)9-16-14(17-11)18(2)8-5-12-3-6-15-7-4-12/h3-4,6-7,9,19H,5,8,10H2,1-2H3. The Labute approximate surface area is 113 Å². The molecular weight excluding hydrogens is 240 g/mol. The van der Waals surface area contributed by atoms with Gasteiger partial charge < -0.3 is 10.0 Å². The minimum absolute atomic E-state index is 0.0210. The lowest BCUT2D eigenvalue weighted by Crippen LogP contribution is -2.23. The predicted octanol–water partition coefficient (Wildman–Crippen LogP) is 1.35. The van der Waals surface area contributed by atoms with Gasteiger partial charge in [-0.15, -0.1) is 0 Å². The molecule has 2 heterocycles. The molecule has 0 spiro atoms. The van der Waals surface area contributed by atoms with Crippen LogP contribution < -0.4 is 4.90 Å². The summed E-state index contributed by atoms with van der Waals surface area (Å²) in [7, 11) is 1.97. The zero-order chi connectivity index (χ0) is 13.7. The zero-order valence-corrected chi connectivity index (χ0v) is 11.2. The van der Waals surface area contributed by atoms with Gasteiger partial charge in [0, 0.05) is 43.4 Å². The van der Waals surface area contributed by atoms with Crippen molar-refractivity contribution in [1.82, 2.24) is 15.0 Å². The number of aryl methyl sites for hydroxylation is 1. The average Bonchev–Trinajstić information content (AvgIpc) is 2.45. The second-order valence-corrected chi connectivity index (χ2v) is 4.47. The monoisotopic (exact) mass is 258 g/mol. The SMILES string of the molecule is Cc1nc(N(C)CCc2ccncc2)ncc1CO. The first-order valence-electron chi connectivity index (χ1n) is 6.24. The smallest absolute Gasteiger partial charge is 0.225 e. The Morgan fingerprint density at radius 1 is 1.26 bits per heavy atom. The van der Waals surface area contributed by atoms with Crippen LogP contribution in [0.3, 0.4) is 0 Å². The molecule has 2 aromatic heterocycles. The van der Waals surface area contributed by atoms with E-state index < -0.39 is 0 Å². The topological polar surface area (TPSA) is 62.1 Å². The number of aliphatic hydroxyl groups is 1. The van der Waals surface area contributed by atoms with Gasteiger partial charge in [0.2, 0.25) is 5.95 Å². The van der Waals surface area contributed by atoms with Crippen molar-refractivity contribution in [1.29, 1.82) is 0 Å².